The smallest absolute Gasteiger partial charge is 0.167 e. The molecule has 0 aliphatic heterocycles. The summed E-state index contributed by atoms with van der Waals surface area (Å²) in [5.74, 6) is 0.857. The highest BCUT2D eigenvalue weighted by Gasteiger charge is 2.25. The van der Waals surface area contributed by atoms with Crippen LogP contribution in [0.5, 0.6) is 5.75 Å². The van der Waals surface area contributed by atoms with Crippen molar-refractivity contribution in [3.05, 3.63) is 23.8 Å². The average molecular weight is 285 g/mol. The van der Waals surface area contributed by atoms with Gasteiger partial charge in [-0.05, 0) is 20.3 Å². The second kappa shape index (κ2) is 5.00. The minimum Gasteiger partial charge on any atom is -0.494 e. The summed E-state index contributed by atoms with van der Waals surface area (Å²) in [6.07, 6.45) is 0.919. The van der Waals surface area contributed by atoms with E-state index in [2.05, 4.69) is 30.3 Å². The van der Waals surface area contributed by atoms with E-state index in [1.807, 2.05) is 0 Å². The first-order chi connectivity index (χ1) is 8.94. The molecular weight excluding hydrogens is 267 g/mol. The van der Waals surface area contributed by atoms with Crippen LogP contribution in [-0.2, 0) is 11.4 Å². The van der Waals surface area contributed by atoms with E-state index in [9.17, 15) is 4.39 Å². The van der Waals surface area contributed by atoms with Crippen LogP contribution in [0.15, 0.2) is 12.1 Å². The van der Waals surface area contributed by atoms with E-state index in [-0.39, 0.29) is 11.3 Å². The van der Waals surface area contributed by atoms with E-state index in [0.29, 0.717) is 11.4 Å². The van der Waals surface area contributed by atoms with Gasteiger partial charge in [0.25, 0.3) is 0 Å². The van der Waals surface area contributed by atoms with Crippen LogP contribution in [0.3, 0.4) is 0 Å². The van der Waals surface area contributed by atoms with Gasteiger partial charge in [0.1, 0.15) is 5.82 Å². The van der Waals surface area contributed by atoms with Crippen LogP contribution in [0, 0.1) is 5.82 Å². The van der Waals surface area contributed by atoms with E-state index in [0.717, 1.165) is 17.8 Å². The van der Waals surface area contributed by atoms with Gasteiger partial charge in [0.05, 0.1) is 24.0 Å². The summed E-state index contributed by atoms with van der Waals surface area (Å²) < 4.78 is 20.9. The number of nitrogens with zero attached hydrogens (tertiary/aromatic N) is 2. The van der Waals surface area contributed by atoms with Gasteiger partial charge in [0, 0.05) is 17.7 Å². The van der Waals surface area contributed by atoms with E-state index in [4.69, 9.17) is 16.3 Å². The second-order valence-electron chi connectivity index (χ2n) is 5.14. The first kappa shape index (κ1) is 14.1. The SMILES string of the molecule is CCC(C)(C)n1c(CCl)nc2cc(F)c(OC)cc21. The molecule has 0 amide bonds. The van der Waals surface area contributed by atoms with Crippen molar-refractivity contribution in [1.29, 1.82) is 0 Å². The Morgan fingerprint density at radius 3 is 2.63 bits per heavy atom. The zero-order chi connectivity index (χ0) is 14.2. The van der Waals surface area contributed by atoms with Crippen LogP contribution < -0.4 is 4.74 Å². The first-order valence-corrected chi connectivity index (χ1v) is 6.79. The number of hydrogen-bond acceptors (Lipinski definition) is 2. The third kappa shape index (κ3) is 2.29. The molecule has 0 spiro atoms. The molecule has 3 nitrogen and oxygen atoms in total. The van der Waals surface area contributed by atoms with Crippen LogP contribution in [0.4, 0.5) is 4.39 Å². The highest BCUT2D eigenvalue weighted by Crippen LogP contribution is 2.32. The van der Waals surface area contributed by atoms with Crippen molar-refractivity contribution < 1.29 is 9.13 Å². The van der Waals surface area contributed by atoms with Crippen molar-refractivity contribution in [3.63, 3.8) is 0 Å². The molecule has 0 aliphatic carbocycles. The topological polar surface area (TPSA) is 27.1 Å². The predicted octanol–water partition coefficient (Wildman–Crippen LogP) is 4.07. The lowest BCUT2D eigenvalue weighted by atomic mass is 10.0. The third-order valence-corrected chi connectivity index (χ3v) is 3.83. The zero-order valence-corrected chi connectivity index (χ0v) is 12.4. The fourth-order valence-electron chi connectivity index (χ4n) is 2.21. The number of benzene rings is 1. The molecular formula is C14H18ClFN2O. The Kier molecular flexibility index (Phi) is 3.72. The number of halogens is 2. The van der Waals surface area contributed by atoms with E-state index in [1.54, 1.807) is 6.07 Å². The molecule has 104 valence electrons. The van der Waals surface area contributed by atoms with Crippen molar-refractivity contribution in [2.24, 2.45) is 0 Å². The van der Waals surface area contributed by atoms with Crippen LogP contribution in [-0.4, -0.2) is 16.7 Å². The molecule has 0 atom stereocenters. The second-order valence-corrected chi connectivity index (χ2v) is 5.41. The van der Waals surface area contributed by atoms with Crippen molar-refractivity contribution >= 4 is 22.6 Å². The number of ether oxygens (including phenoxy) is 1. The van der Waals surface area contributed by atoms with Gasteiger partial charge in [0.2, 0.25) is 0 Å². The first-order valence-electron chi connectivity index (χ1n) is 6.26. The number of alkyl halides is 1. The van der Waals surface area contributed by atoms with Crippen LogP contribution in [0.2, 0.25) is 0 Å². The Labute approximate surface area is 117 Å². The van der Waals surface area contributed by atoms with Crippen molar-refractivity contribution in [2.45, 2.75) is 38.6 Å². The largest absolute Gasteiger partial charge is 0.494 e. The monoisotopic (exact) mass is 284 g/mol. The number of imidazole rings is 1. The van der Waals surface area contributed by atoms with Gasteiger partial charge in [-0.15, -0.1) is 11.6 Å². The Morgan fingerprint density at radius 1 is 1.42 bits per heavy atom. The molecule has 2 aromatic rings. The molecule has 0 saturated heterocycles. The number of rotatable bonds is 4. The molecule has 2 rings (SSSR count). The molecule has 0 N–H and O–H groups in total. The Balaban J connectivity index is 2.79. The van der Waals surface area contributed by atoms with Crippen LogP contribution in [0.1, 0.15) is 33.0 Å². The highest BCUT2D eigenvalue weighted by molar-refractivity contribution is 6.16. The Hall–Kier alpha value is -1.29. The number of fused-ring (bicyclic) bond motifs is 1. The third-order valence-electron chi connectivity index (χ3n) is 3.59. The van der Waals surface area contributed by atoms with E-state index >= 15 is 0 Å². The molecule has 1 aromatic carbocycles. The predicted molar refractivity (Wildman–Crippen MR) is 75.4 cm³/mol. The maximum absolute atomic E-state index is 13.7. The summed E-state index contributed by atoms with van der Waals surface area (Å²) in [7, 11) is 1.46. The van der Waals surface area contributed by atoms with Crippen molar-refractivity contribution in [3.8, 4) is 5.75 Å². The summed E-state index contributed by atoms with van der Waals surface area (Å²) in [5.41, 5.74) is 1.32. The Morgan fingerprint density at radius 2 is 2.11 bits per heavy atom. The average Bonchev–Trinajstić information content (AvgIpc) is 2.75. The molecule has 0 fully saturated rings. The van der Waals surface area contributed by atoms with E-state index in [1.165, 1.54) is 13.2 Å². The molecule has 1 aromatic heterocycles. The number of methoxy groups -OCH3 is 1. The Bertz CT molecular complexity index is 607. The molecule has 0 aliphatic rings. The summed E-state index contributed by atoms with van der Waals surface area (Å²) >= 11 is 5.97. The fourth-order valence-corrected chi connectivity index (χ4v) is 2.39. The van der Waals surface area contributed by atoms with Gasteiger partial charge >= 0.3 is 0 Å². The van der Waals surface area contributed by atoms with E-state index < -0.39 is 5.82 Å². The molecule has 19 heavy (non-hydrogen) atoms. The van der Waals surface area contributed by atoms with Crippen LogP contribution >= 0.6 is 11.6 Å². The molecule has 0 radical (unpaired) electrons. The minimum atomic E-state index is -0.407. The summed E-state index contributed by atoms with van der Waals surface area (Å²) in [6, 6.07) is 3.08. The van der Waals surface area contributed by atoms with Crippen LogP contribution in [0.25, 0.3) is 11.0 Å². The van der Waals surface area contributed by atoms with Gasteiger partial charge in [-0.3, -0.25) is 0 Å². The maximum atomic E-state index is 13.7. The maximum Gasteiger partial charge on any atom is 0.167 e. The number of hydrogen-bond donors (Lipinski definition) is 0. The summed E-state index contributed by atoms with van der Waals surface area (Å²) in [6.45, 7) is 6.32. The van der Waals surface area contributed by atoms with Gasteiger partial charge in [-0.2, -0.15) is 0 Å². The fraction of sp³-hybridized carbons (Fsp3) is 0.500. The van der Waals surface area contributed by atoms with Crippen molar-refractivity contribution in [1.82, 2.24) is 9.55 Å². The zero-order valence-electron chi connectivity index (χ0n) is 11.6. The molecule has 0 saturated carbocycles. The number of aromatic nitrogens is 2. The van der Waals surface area contributed by atoms with Gasteiger partial charge < -0.3 is 9.30 Å². The molecule has 0 bridgehead atoms. The quantitative estimate of drug-likeness (QED) is 0.792. The summed E-state index contributed by atoms with van der Waals surface area (Å²) in [5, 5.41) is 0. The highest BCUT2D eigenvalue weighted by atomic mass is 35.5. The normalized spacial score (nSPS) is 12.1. The van der Waals surface area contributed by atoms with Gasteiger partial charge in [-0.25, -0.2) is 9.37 Å². The van der Waals surface area contributed by atoms with Gasteiger partial charge in [-0.1, -0.05) is 6.92 Å². The lowest BCUT2D eigenvalue weighted by Crippen LogP contribution is -2.26. The lowest BCUT2D eigenvalue weighted by molar-refractivity contribution is 0.343. The molecule has 0 unspecified atom stereocenters. The van der Waals surface area contributed by atoms with Crippen molar-refractivity contribution in [2.75, 3.05) is 7.11 Å². The van der Waals surface area contributed by atoms with Gasteiger partial charge in [0.15, 0.2) is 11.6 Å². The minimum absolute atomic E-state index is 0.137. The standard InChI is InChI=1S/C14H18ClFN2O/c1-5-14(2,3)18-11-7-12(19-4)9(16)6-10(11)17-13(18)8-15/h6-7H,5,8H2,1-4H3. The lowest BCUT2D eigenvalue weighted by Gasteiger charge is -2.27. The molecule has 1 heterocycles. The molecule has 5 heteroatoms. The summed E-state index contributed by atoms with van der Waals surface area (Å²) in [4.78, 5) is 4.42.